The molecule has 0 aliphatic heterocycles. The third-order valence-electron chi connectivity index (χ3n) is 4.32. The van der Waals surface area contributed by atoms with Gasteiger partial charge in [0.25, 0.3) is 5.91 Å². The lowest BCUT2D eigenvalue weighted by atomic mass is 10.1. The van der Waals surface area contributed by atoms with E-state index in [-0.39, 0.29) is 39.6 Å². The molecule has 1 fully saturated rings. The van der Waals surface area contributed by atoms with E-state index >= 15 is 0 Å². The molecule has 8 heteroatoms. The highest BCUT2D eigenvalue weighted by Gasteiger charge is 2.27. The molecule has 0 radical (unpaired) electrons. The number of carbonyl (C=O) groups is 2. The molecule has 2 aromatic rings. The number of nitrogens with one attached hydrogen (secondary N) is 1. The number of hydrogen-bond acceptors (Lipinski definition) is 5. The Morgan fingerprint density at radius 3 is 2.81 bits per heavy atom. The number of amides is 1. The van der Waals surface area contributed by atoms with E-state index < -0.39 is 18.4 Å². The Morgan fingerprint density at radius 1 is 1.38 bits per heavy atom. The van der Waals surface area contributed by atoms with Crippen molar-refractivity contribution in [2.75, 3.05) is 6.61 Å². The quantitative estimate of drug-likeness (QED) is 0.800. The van der Waals surface area contributed by atoms with Crippen LogP contribution in [0.25, 0.3) is 11.3 Å². The molecule has 0 saturated heterocycles. The van der Waals surface area contributed by atoms with Gasteiger partial charge in [-0.25, -0.2) is 9.18 Å². The number of carbonyl (C=O) groups excluding carboxylic acids is 2. The minimum atomic E-state index is -0.820. The van der Waals surface area contributed by atoms with Crippen LogP contribution in [0.1, 0.15) is 41.8 Å². The zero-order valence-corrected chi connectivity index (χ0v) is 14.9. The molecular formula is C18H18ClFN2O4. The highest BCUT2D eigenvalue weighted by Crippen LogP contribution is 2.33. The smallest absolute Gasteiger partial charge is 0.344 e. The predicted molar refractivity (Wildman–Crippen MR) is 92.3 cm³/mol. The fourth-order valence-corrected chi connectivity index (χ4v) is 3.30. The Bertz CT molecular complexity index is 810. The highest BCUT2D eigenvalue weighted by molar-refractivity contribution is 6.33. The van der Waals surface area contributed by atoms with Crippen LogP contribution in [0.4, 0.5) is 4.39 Å². The SMILES string of the molecule is Cc1onc(-c2c(F)cccc2Cl)c1C(=O)OCC(=O)NC1CCCC1. The van der Waals surface area contributed by atoms with Crippen LogP contribution in [0.5, 0.6) is 0 Å². The summed E-state index contributed by atoms with van der Waals surface area (Å²) in [4.78, 5) is 24.3. The summed E-state index contributed by atoms with van der Waals surface area (Å²) in [6.07, 6.45) is 4.02. The monoisotopic (exact) mass is 380 g/mol. The number of rotatable bonds is 5. The zero-order chi connectivity index (χ0) is 18.7. The molecule has 1 aromatic carbocycles. The van der Waals surface area contributed by atoms with E-state index in [4.69, 9.17) is 20.9 Å². The number of hydrogen-bond donors (Lipinski definition) is 1. The lowest BCUT2D eigenvalue weighted by Gasteiger charge is -2.12. The average Bonchev–Trinajstić information content (AvgIpc) is 3.23. The van der Waals surface area contributed by atoms with Gasteiger partial charge in [0.05, 0.1) is 10.6 Å². The van der Waals surface area contributed by atoms with E-state index in [1.165, 1.54) is 25.1 Å². The highest BCUT2D eigenvalue weighted by atomic mass is 35.5. The molecule has 3 rings (SSSR count). The molecule has 0 unspecified atom stereocenters. The first-order valence-corrected chi connectivity index (χ1v) is 8.72. The van der Waals surface area contributed by atoms with Crippen molar-refractivity contribution in [1.29, 1.82) is 0 Å². The second-order valence-electron chi connectivity index (χ2n) is 6.18. The first-order chi connectivity index (χ1) is 12.5. The van der Waals surface area contributed by atoms with Crippen LogP contribution < -0.4 is 5.32 Å². The van der Waals surface area contributed by atoms with Crippen LogP contribution >= 0.6 is 11.6 Å². The fraction of sp³-hybridized carbons (Fsp3) is 0.389. The normalized spacial score (nSPS) is 14.4. The number of aryl methyl sites for hydroxylation is 1. The molecule has 0 atom stereocenters. The van der Waals surface area contributed by atoms with Crippen molar-refractivity contribution in [2.24, 2.45) is 0 Å². The molecule has 0 bridgehead atoms. The Morgan fingerprint density at radius 2 is 2.12 bits per heavy atom. The number of nitrogens with zero attached hydrogens (tertiary/aromatic N) is 1. The van der Waals surface area contributed by atoms with Crippen molar-refractivity contribution < 1.29 is 23.2 Å². The molecule has 1 heterocycles. The van der Waals surface area contributed by atoms with Gasteiger partial charge in [-0.15, -0.1) is 0 Å². The third-order valence-corrected chi connectivity index (χ3v) is 4.64. The van der Waals surface area contributed by atoms with Crippen molar-refractivity contribution >= 4 is 23.5 Å². The summed E-state index contributed by atoms with van der Waals surface area (Å²) >= 11 is 6.03. The largest absolute Gasteiger partial charge is 0.452 e. The van der Waals surface area contributed by atoms with E-state index in [1.807, 2.05) is 0 Å². The Hall–Kier alpha value is -2.41. The summed E-state index contributed by atoms with van der Waals surface area (Å²) in [5, 5.41) is 6.65. The summed E-state index contributed by atoms with van der Waals surface area (Å²) in [6, 6.07) is 4.26. The summed E-state index contributed by atoms with van der Waals surface area (Å²) in [6.45, 7) is 1.07. The van der Waals surface area contributed by atoms with E-state index in [0.29, 0.717) is 0 Å². The van der Waals surface area contributed by atoms with Crippen molar-refractivity contribution in [3.05, 3.63) is 40.4 Å². The molecule has 1 aliphatic carbocycles. The summed E-state index contributed by atoms with van der Waals surface area (Å²) in [5.41, 5.74) is -0.147. The van der Waals surface area contributed by atoms with Gasteiger partial charge in [0.1, 0.15) is 22.8 Å². The standard InChI is InChI=1S/C18H18ClFN2O4/c1-10-15(17(22-26-10)16-12(19)7-4-8-13(16)20)18(24)25-9-14(23)21-11-5-2-3-6-11/h4,7-8,11H,2-3,5-6,9H2,1H3,(H,21,23). The first kappa shape index (κ1) is 18.4. The van der Waals surface area contributed by atoms with E-state index in [9.17, 15) is 14.0 Å². The lowest BCUT2D eigenvalue weighted by Crippen LogP contribution is -2.36. The van der Waals surface area contributed by atoms with Crippen LogP contribution in [-0.2, 0) is 9.53 Å². The van der Waals surface area contributed by atoms with Crippen LogP contribution in [0.3, 0.4) is 0 Å². The first-order valence-electron chi connectivity index (χ1n) is 8.34. The summed E-state index contributed by atoms with van der Waals surface area (Å²) in [5.74, 6) is -1.68. The Kier molecular flexibility index (Phi) is 5.56. The van der Waals surface area contributed by atoms with Crippen molar-refractivity contribution in [1.82, 2.24) is 10.5 Å². The summed E-state index contributed by atoms with van der Waals surface area (Å²) in [7, 11) is 0. The molecule has 1 aromatic heterocycles. The van der Waals surface area contributed by atoms with Gasteiger partial charge in [-0.05, 0) is 31.9 Å². The number of esters is 1. The zero-order valence-electron chi connectivity index (χ0n) is 14.2. The molecule has 1 aliphatic rings. The molecule has 138 valence electrons. The van der Waals surface area contributed by atoms with E-state index in [0.717, 1.165) is 25.7 Å². The average molecular weight is 381 g/mol. The van der Waals surface area contributed by atoms with Crippen molar-refractivity contribution in [3.8, 4) is 11.3 Å². The molecular weight excluding hydrogens is 363 g/mol. The Labute approximate surface area is 154 Å². The summed E-state index contributed by atoms with van der Waals surface area (Å²) < 4.78 is 24.2. The maximum atomic E-state index is 14.1. The number of aromatic nitrogens is 1. The van der Waals surface area contributed by atoms with Gasteiger partial charge in [-0.1, -0.05) is 35.7 Å². The third kappa shape index (κ3) is 3.88. The minimum absolute atomic E-state index is 0.0478. The van der Waals surface area contributed by atoms with Crippen molar-refractivity contribution in [3.63, 3.8) is 0 Å². The molecule has 6 nitrogen and oxygen atoms in total. The fourth-order valence-electron chi connectivity index (χ4n) is 3.05. The molecule has 1 amide bonds. The topological polar surface area (TPSA) is 81.4 Å². The molecule has 1 saturated carbocycles. The minimum Gasteiger partial charge on any atom is -0.452 e. The molecule has 26 heavy (non-hydrogen) atoms. The van der Waals surface area contributed by atoms with Gasteiger partial charge in [-0.2, -0.15) is 0 Å². The molecule has 0 spiro atoms. The van der Waals surface area contributed by atoms with Crippen LogP contribution in [0.2, 0.25) is 5.02 Å². The second kappa shape index (κ2) is 7.86. The lowest BCUT2D eigenvalue weighted by molar-refractivity contribution is -0.124. The van der Waals surface area contributed by atoms with Gasteiger partial charge >= 0.3 is 5.97 Å². The van der Waals surface area contributed by atoms with Gasteiger partial charge < -0.3 is 14.6 Å². The Balaban J connectivity index is 1.74. The van der Waals surface area contributed by atoms with Gasteiger partial charge in [0.2, 0.25) is 0 Å². The predicted octanol–water partition coefficient (Wildman–Crippen LogP) is 3.66. The maximum Gasteiger partial charge on any atom is 0.344 e. The number of benzene rings is 1. The van der Waals surface area contributed by atoms with E-state index in [1.54, 1.807) is 0 Å². The van der Waals surface area contributed by atoms with Crippen LogP contribution in [0.15, 0.2) is 22.7 Å². The van der Waals surface area contributed by atoms with Crippen molar-refractivity contribution in [2.45, 2.75) is 38.6 Å². The van der Waals surface area contributed by atoms with Gasteiger partial charge in [0, 0.05) is 6.04 Å². The maximum absolute atomic E-state index is 14.1. The number of halogens is 2. The van der Waals surface area contributed by atoms with Crippen LogP contribution in [-0.4, -0.2) is 29.7 Å². The molecule has 1 N–H and O–H groups in total. The van der Waals surface area contributed by atoms with Gasteiger partial charge in [-0.3, -0.25) is 4.79 Å². The van der Waals surface area contributed by atoms with E-state index in [2.05, 4.69) is 10.5 Å². The second-order valence-corrected chi connectivity index (χ2v) is 6.59. The number of ether oxygens (including phenoxy) is 1. The van der Waals surface area contributed by atoms with Gasteiger partial charge in [0.15, 0.2) is 6.61 Å². The van der Waals surface area contributed by atoms with Crippen LogP contribution in [0, 0.1) is 12.7 Å².